The van der Waals surface area contributed by atoms with Crippen LogP contribution >= 0.6 is 11.6 Å². The van der Waals surface area contributed by atoms with Crippen LogP contribution in [0, 0.1) is 0 Å². The van der Waals surface area contributed by atoms with Crippen molar-refractivity contribution < 1.29 is 9.13 Å². The van der Waals surface area contributed by atoms with E-state index in [4.69, 9.17) is 22.1 Å². The number of aryl methyl sites for hydroxylation is 1. The first-order valence-corrected chi connectivity index (χ1v) is 13.1. The minimum Gasteiger partial charge on any atom is -0.463 e. The van der Waals surface area contributed by atoms with E-state index in [0.717, 1.165) is 60.9 Å². The van der Waals surface area contributed by atoms with Gasteiger partial charge in [0.2, 0.25) is 6.86 Å². The van der Waals surface area contributed by atoms with Gasteiger partial charge in [-0.05, 0) is 74.1 Å². The van der Waals surface area contributed by atoms with Crippen LogP contribution < -0.4 is 10.5 Å². The summed E-state index contributed by atoms with van der Waals surface area (Å²) in [5.41, 5.74) is 11.6. The largest absolute Gasteiger partial charge is 0.463 e. The molecule has 0 atom stereocenters. The number of likely N-dealkylation sites (N-methyl/N-ethyl adjacent to an activating group) is 2. The molecule has 196 valence electrons. The minimum absolute atomic E-state index is 0.528. The Kier molecular flexibility index (Phi) is 9.58. The van der Waals surface area contributed by atoms with Crippen molar-refractivity contribution in [3.8, 4) is 16.9 Å². The molecule has 1 aromatic heterocycles. The number of fused-ring (bicyclic) bond motifs is 1. The number of hydrogen-bond donors (Lipinski definition) is 1. The van der Waals surface area contributed by atoms with Gasteiger partial charge in [0.1, 0.15) is 5.75 Å². The van der Waals surface area contributed by atoms with Gasteiger partial charge in [-0.2, -0.15) is 0 Å². The molecule has 0 fully saturated rings. The third-order valence-corrected chi connectivity index (χ3v) is 7.02. The molecule has 0 radical (unpaired) electrons. The van der Waals surface area contributed by atoms with Crippen molar-refractivity contribution in [1.82, 2.24) is 14.4 Å². The summed E-state index contributed by atoms with van der Waals surface area (Å²) in [6, 6.07) is 22.3. The Hall–Kier alpha value is -2.90. The van der Waals surface area contributed by atoms with Gasteiger partial charge in [-0.15, -0.1) is 0 Å². The molecule has 0 aliphatic carbocycles. The summed E-state index contributed by atoms with van der Waals surface area (Å²) in [6.45, 7) is 4.26. The number of nitrogens with two attached hydrogens (primary N) is 1. The molecule has 0 amide bonds. The molecule has 0 unspecified atom stereocenters. The summed E-state index contributed by atoms with van der Waals surface area (Å²) in [4.78, 5) is 4.64. The average molecular weight is 523 g/mol. The highest BCUT2D eigenvalue weighted by atomic mass is 35.5. The van der Waals surface area contributed by atoms with E-state index in [1.165, 1.54) is 16.5 Å². The summed E-state index contributed by atoms with van der Waals surface area (Å²) in [7, 11) is 4.29. The second-order valence-electron chi connectivity index (χ2n) is 9.57. The topological polar surface area (TPSA) is 46.7 Å². The zero-order valence-electron chi connectivity index (χ0n) is 21.7. The van der Waals surface area contributed by atoms with Crippen molar-refractivity contribution in [1.29, 1.82) is 0 Å². The summed E-state index contributed by atoms with van der Waals surface area (Å²) in [5.74, 6) is 0.528. The number of rotatable bonds is 13. The highest BCUT2D eigenvalue weighted by Gasteiger charge is 2.13. The molecule has 0 aliphatic rings. The van der Waals surface area contributed by atoms with Gasteiger partial charge < -0.3 is 24.8 Å². The van der Waals surface area contributed by atoms with Gasteiger partial charge in [-0.1, -0.05) is 48.0 Å². The summed E-state index contributed by atoms with van der Waals surface area (Å²) < 4.78 is 19.8. The van der Waals surface area contributed by atoms with Gasteiger partial charge in [-0.25, -0.2) is 4.39 Å². The number of ether oxygens (including phenoxy) is 1. The van der Waals surface area contributed by atoms with Crippen LogP contribution in [0.25, 0.3) is 22.0 Å². The highest BCUT2D eigenvalue weighted by molar-refractivity contribution is 6.31. The lowest BCUT2D eigenvalue weighted by molar-refractivity contribution is 0.192. The fraction of sp³-hybridized carbons (Fsp3) is 0.333. The second-order valence-corrected chi connectivity index (χ2v) is 9.98. The van der Waals surface area contributed by atoms with Crippen molar-refractivity contribution >= 4 is 22.5 Å². The van der Waals surface area contributed by atoms with Gasteiger partial charge in [0.25, 0.3) is 0 Å². The van der Waals surface area contributed by atoms with Crippen LogP contribution in [0.15, 0.2) is 72.9 Å². The molecule has 4 aromatic rings. The van der Waals surface area contributed by atoms with Crippen molar-refractivity contribution in [3.05, 3.63) is 89.1 Å². The highest BCUT2D eigenvalue weighted by Crippen LogP contribution is 2.33. The lowest BCUT2D eigenvalue weighted by atomic mass is 10.0. The second kappa shape index (κ2) is 13.1. The Morgan fingerprint density at radius 1 is 0.946 bits per heavy atom. The van der Waals surface area contributed by atoms with Crippen molar-refractivity contribution in [3.63, 3.8) is 0 Å². The minimum atomic E-state index is -0.829. The molecule has 2 N–H and O–H groups in total. The van der Waals surface area contributed by atoms with Crippen LogP contribution in [0.5, 0.6) is 5.75 Å². The lowest BCUT2D eigenvalue weighted by Gasteiger charge is -2.22. The van der Waals surface area contributed by atoms with Crippen molar-refractivity contribution in [2.45, 2.75) is 26.1 Å². The van der Waals surface area contributed by atoms with Crippen LogP contribution in [0.2, 0.25) is 5.02 Å². The molecule has 4 rings (SSSR count). The van der Waals surface area contributed by atoms with Gasteiger partial charge in [0.05, 0.1) is 0 Å². The van der Waals surface area contributed by atoms with Gasteiger partial charge >= 0.3 is 0 Å². The number of alkyl halides is 1. The maximum absolute atomic E-state index is 12.5. The number of nitrogens with zero attached hydrogens (tertiary/aromatic N) is 3. The van der Waals surface area contributed by atoms with E-state index in [1.807, 2.05) is 42.5 Å². The third kappa shape index (κ3) is 7.11. The van der Waals surface area contributed by atoms with Gasteiger partial charge in [0, 0.05) is 60.4 Å². The molecule has 5 nitrogen and oxygen atoms in total. The third-order valence-electron chi connectivity index (χ3n) is 6.65. The molecule has 37 heavy (non-hydrogen) atoms. The van der Waals surface area contributed by atoms with Crippen LogP contribution in [-0.2, 0) is 19.6 Å². The number of hydrogen-bond acceptors (Lipinski definition) is 4. The predicted molar refractivity (Wildman–Crippen MR) is 152 cm³/mol. The van der Waals surface area contributed by atoms with E-state index in [1.54, 1.807) is 0 Å². The Morgan fingerprint density at radius 2 is 1.68 bits per heavy atom. The van der Waals surface area contributed by atoms with E-state index in [0.29, 0.717) is 12.3 Å². The summed E-state index contributed by atoms with van der Waals surface area (Å²) in [5, 5.41) is 2.02. The first kappa shape index (κ1) is 27.1. The van der Waals surface area contributed by atoms with E-state index >= 15 is 0 Å². The van der Waals surface area contributed by atoms with Crippen LogP contribution in [0.1, 0.15) is 17.5 Å². The van der Waals surface area contributed by atoms with E-state index in [2.05, 4.69) is 58.9 Å². The van der Waals surface area contributed by atoms with E-state index in [9.17, 15) is 4.39 Å². The van der Waals surface area contributed by atoms with Crippen LogP contribution in [0.4, 0.5) is 4.39 Å². The molecular weight excluding hydrogens is 487 g/mol. The maximum atomic E-state index is 12.5. The molecule has 0 saturated heterocycles. The molecule has 3 aromatic carbocycles. The molecule has 0 bridgehead atoms. The molecule has 0 saturated carbocycles. The monoisotopic (exact) mass is 522 g/mol. The molecule has 7 heteroatoms. The van der Waals surface area contributed by atoms with E-state index < -0.39 is 6.86 Å². The fourth-order valence-electron chi connectivity index (χ4n) is 4.64. The van der Waals surface area contributed by atoms with Crippen molar-refractivity contribution in [2.75, 3.05) is 40.6 Å². The first-order valence-electron chi connectivity index (χ1n) is 12.7. The maximum Gasteiger partial charge on any atom is 0.228 e. The SMILES string of the molecule is CN(CCN(C)Cc1ccccc1Cl)Cc1ccc2c(c1)c(-c1ccc(OCF)cc1)cn2CCCN. The smallest absolute Gasteiger partial charge is 0.228 e. The predicted octanol–water partition coefficient (Wildman–Crippen LogP) is 6.18. The molecule has 1 heterocycles. The quantitative estimate of drug-likeness (QED) is 0.228. The Balaban J connectivity index is 1.48. The Labute approximate surface area is 224 Å². The Bertz CT molecular complexity index is 1290. The summed E-state index contributed by atoms with van der Waals surface area (Å²) >= 11 is 6.33. The number of aromatic nitrogens is 1. The standard InChI is InChI=1S/C30H36ClFN4O/c1-34(16-17-35(2)20-25-6-3-4-7-29(25)31)19-23-8-13-30-27(18-23)28(21-36(30)15-5-14-33)24-9-11-26(12-10-24)37-22-32/h3-4,6-13,18,21H,5,14-17,19-20,22,33H2,1-2H3. The molecule has 0 aliphatic heterocycles. The Morgan fingerprint density at radius 3 is 2.38 bits per heavy atom. The number of benzene rings is 3. The van der Waals surface area contributed by atoms with Crippen molar-refractivity contribution in [2.24, 2.45) is 5.73 Å². The zero-order valence-corrected chi connectivity index (χ0v) is 22.4. The summed E-state index contributed by atoms with van der Waals surface area (Å²) in [6.07, 6.45) is 3.11. The van der Waals surface area contributed by atoms with Gasteiger partial charge in [0.15, 0.2) is 0 Å². The first-order chi connectivity index (χ1) is 18.0. The van der Waals surface area contributed by atoms with Crippen LogP contribution in [0.3, 0.4) is 0 Å². The van der Waals surface area contributed by atoms with Crippen LogP contribution in [-0.4, -0.2) is 55.0 Å². The van der Waals surface area contributed by atoms with Gasteiger partial charge in [-0.3, -0.25) is 0 Å². The number of halogens is 2. The molecular formula is C30H36ClFN4O. The zero-order chi connectivity index (χ0) is 26.2. The average Bonchev–Trinajstić information content (AvgIpc) is 3.26. The normalized spacial score (nSPS) is 11.6. The van der Waals surface area contributed by atoms with E-state index in [-0.39, 0.29) is 0 Å². The fourth-order valence-corrected chi connectivity index (χ4v) is 4.84. The lowest BCUT2D eigenvalue weighted by Crippen LogP contribution is -2.30. The molecule has 0 spiro atoms.